The van der Waals surface area contributed by atoms with Crippen molar-refractivity contribution in [3.05, 3.63) is 91.0 Å². The number of hydrogen-bond donors (Lipinski definition) is 0. The molecule has 4 aromatic carbocycles. The molecule has 0 fully saturated rings. The van der Waals surface area contributed by atoms with Gasteiger partial charge in [0.15, 0.2) is 0 Å². The lowest BCUT2D eigenvalue weighted by atomic mass is 10.0. The molecule has 0 aliphatic heterocycles. The van der Waals surface area contributed by atoms with E-state index in [0.29, 0.717) is 25.4 Å². The molecule has 0 aliphatic carbocycles. The van der Waals surface area contributed by atoms with Crippen LogP contribution in [0.15, 0.2) is 101 Å². The summed E-state index contributed by atoms with van der Waals surface area (Å²) >= 11 is 1.73. The maximum absolute atomic E-state index is 11.4. The Balaban J connectivity index is 1.49. The molecule has 0 heterocycles. The van der Waals surface area contributed by atoms with Gasteiger partial charge in [0.1, 0.15) is 19.0 Å². The monoisotopic (exact) mass is 458 g/mol. The molecule has 0 aromatic heterocycles. The lowest BCUT2D eigenvalue weighted by Gasteiger charge is -2.14. The molecular formula is C28H26O4S. The maximum Gasteiger partial charge on any atom is 0.333 e. The van der Waals surface area contributed by atoms with Gasteiger partial charge in [0.25, 0.3) is 0 Å². The zero-order chi connectivity index (χ0) is 23.0. The van der Waals surface area contributed by atoms with Gasteiger partial charge in [-0.2, -0.15) is 0 Å². The molecule has 4 aromatic rings. The van der Waals surface area contributed by atoms with Crippen molar-refractivity contribution in [2.75, 3.05) is 26.4 Å². The molecule has 0 unspecified atom stereocenters. The minimum absolute atomic E-state index is 0.197. The first-order chi connectivity index (χ1) is 16.1. The van der Waals surface area contributed by atoms with Crippen LogP contribution in [0, 0.1) is 0 Å². The molecule has 33 heavy (non-hydrogen) atoms. The third-order valence-electron chi connectivity index (χ3n) is 5.05. The highest BCUT2D eigenvalue weighted by molar-refractivity contribution is 7.99. The number of carbonyl (C=O) groups excluding carboxylic acids is 1. The van der Waals surface area contributed by atoms with E-state index in [4.69, 9.17) is 14.2 Å². The van der Waals surface area contributed by atoms with Gasteiger partial charge in [-0.15, -0.1) is 0 Å². The number of hydrogen-bond acceptors (Lipinski definition) is 5. The van der Waals surface area contributed by atoms with Gasteiger partial charge in [0, 0.05) is 26.1 Å². The van der Waals surface area contributed by atoms with Crippen molar-refractivity contribution in [1.82, 2.24) is 0 Å². The molecule has 0 aliphatic rings. The van der Waals surface area contributed by atoms with E-state index < -0.39 is 5.97 Å². The third-order valence-corrected chi connectivity index (χ3v) is 6.05. The fourth-order valence-electron chi connectivity index (χ4n) is 3.46. The highest BCUT2D eigenvalue weighted by Crippen LogP contribution is 2.38. The van der Waals surface area contributed by atoms with Crippen LogP contribution in [-0.2, 0) is 14.3 Å². The van der Waals surface area contributed by atoms with E-state index in [2.05, 4.69) is 55.1 Å². The van der Waals surface area contributed by atoms with Gasteiger partial charge in [-0.3, -0.25) is 0 Å². The molecule has 4 nitrogen and oxygen atoms in total. The Morgan fingerprint density at radius 2 is 1.52 bits per heavy atom. The lowest BCUT2D eigenvalue weighted by molar-refractivity contribution is -0.140. The Bertz CT molecular complexity index is 1270. The fraction of sp³-hybridized carbons (Fsp3) is 0.179. The highest BCUT2D eigenvalue weighted by Gasteiger charge is 2.11. The second-order valence-corrected chi connectivity index (χ2v) is 8.75. The van der Waals surface area contributed by atoms with Crippen LogP contribution in [0.5, 0.6) is 5.75 Å². The van der Waals surface area contributed by atoms with Crippen LogP contribution in [0.25, 0.3) is 21.5 Å². The molecular weight excluding hydrogens is 432 g/mol. The number of fused-ring (bicyclic) bond motifs is 2. The zero-order valence-corrected chi connectivity index (χ0v) is 19.4. The Kier molecular flexibility index (Phi) is 7.66. The lowest BCUT2D eigenvalue weighted by Crippen LogP contribution is -2.14. The van der Waals surface area contributed by atoms with Crippen LogP contribution in [-0.4, -0.2) is 32.4 Å². The standard InChI is InChI=1S/C28H26O4S/c1-20(2)28(29)32-17-15-30-14-16-31-27-25-11-7-6-8-21(25)18-22-12-13-24(19-26(22)27)33-23-9-4-3-5-10-23/h3-13,18-19H,1,14-17H2,2H3. The fourth-order valence-corrected chi connectivity index (χ4v) is 4.34. The summed E-state index contributed by atoms with van der Waals surface area (Å²) in [6.07, 6.45) is 0. The van der Waals surface area contributed by atoms with Gasteiger partial charge in [-0.25, -0.2) is 4.79 Å². The summed E-state index contributed by atoms with van der Waals surface area (Å²) in [5, 5.41) is 4.41. The summed E-state index contributed by atoms with van der Waals surface area (Å²) in [5.41, 5.74) is 0.381. The third kappa shape index (κ3) is 5.95. The summed E-state index contributed by atoms with van der Waals surface area (Å²) in [6.45, 7) is 6.49. The van der Waals surface area contributed by atoms with Crippen LogP contribution in [0.1, 0.15) is 6.92 Å². The molecule has 0 bridgehead atoms. The van der Waals surface area contributed by atoms with Crippen molar-refractivity contribution >= 4 is 39.3 Å². The topological polar surface area (TPSA) is 44.8 Å². The molecule has 0 atom stereocenters. The highest BCUT2D eigenvalue weighted by atomic mass is 32.2. The van der Waals surface area contributed by atoms with Gasteiger partial charge in [-0.05, 0) is 48.0 Å². The predicted octanol–water partition coefficient (Wildman–Crippen LogP) is 6.66. The minimum atomic E-state index is -0.402. The van der Waals surface area contributed by atoms with E-state index >= 15 is 0 Å². The van der Waals surface area contributed by atoms with Crippen molar-refractivity contribution in [3.8, 4) is 5.75 Å². The smallest absolute Gasteiger partial charge is 0.333 e. The Morgan fingerprint density at radius 3 is 2.33 bits per heavy atom. The molecule has 0 radical (unpaired) electrons. The Labute approximate surface area is 198 Å². The number of carbonyl (C=O) groups is 1. The van der Waals surface area contributed by atoms with E-state index in [9.17, 15) is 4.79 Å². The van der Waals surface area contributed by atoms with Crippen LogP contribution >= 0.6 is 11.8 Å². The first-order valence-electron chi connectivity index (χ1n) is 10.8. The second kappa shape index (κ2) is 11.0. The summed E-state index contributed by atoms with van der Waals surface area (Å²) in [5.74, 6) is 0.456. The molecule has 0 spiro atoms. The van der Waals surface area contributed by atoms with E-state index in [-0.39, 0.29) is 6.61 Å². The summed E-state index contributed by atoms with van der Waals surface area (Å²) in [4.78, 5) is 13.8. The van der Waals surface area contributed by atoms with E-state index in [1.54, 1.807) is 18.7 Å². The number of esters is 1. The van der Waals surface area contributed by atoms with Gasteiger partial charge in [0.05, 0.1) is 13.2 Å². The van der Waals surface area contributed by atoms with Gasteiger partial charge < -0.3 is 14.2 Å². The van der Waals surface area contributed by atoms with E-state index in [1.807, 2.05) is 30.3 Å². The van der Waals surface area contributed by atoms with Crippen LogP contribution < -0.4 is 4.74 Å². The maximum atomic E-state index is 11.4. The molecule has 168 valence electrons. The number of benzene rings is 4. The minimum Gasteiger partial charge on any atom is -0.490 e. The molecule has 0 amide bonds. The predicted molar refractivity (Wildman–Crippen MR) is 134 cm³/mol. The number of rotatable bonds is 10. The Morgan fingerprint density at radius 1 is 0.788 bits per heavy atom. The van der Waals surface area contributed by atoms with E-state index in [1.165, 1.54) is 4.90 Å². The summed E-state index contributed by atoms with van der Waals surface area (Å²) in [6, 6.07) is 27.2. The van der Waals surface area contributed by atoms with Crippen LogP contribution in [0.2, 0.25) is 0 Å². The summed E-state index contributed by atoms with van der Waals surface area (Å²) in [7, 11) is 0. The Hall–Kier alpha value is -3.28. The normalized spacial score (nSPS) is 10.9. The van der Waals surface area contributed by atoms with Crippen molar-refractivity contribution in [3.63, 3.8) is 0 Å². The molecule has 0 N–H and O–H groups in total. The molecule has 5 heteroatoms. The number of ether oxygens (including phenoxy) is 3. The average molecular weight is 459 g/mol. The van der Waals surface area contributed by atoms with Crippen molar-refractivity contribution in [2.24, 2.45) is 0 Å². The first kappa shape index (κ1) is 22.9. The van der Waals surface area contributed by atoms with Crippen LogP contribution in [0.4, 0.5) is 0 Å². The van der Waals surface area contributed by atoms with Gasteiger partial charge >= 0.3 is 5.97 Å². The average Bonchev–Trinajstić information content (AvgIpc) is 2.83. The molecule has 4 rings (SSSR count). The van der Waals surface area contributed by atoms with Crippen molar-refractivity contribution < 1.29 is 19.0 Å². The van der Waals surface area contributed by atoms with E-state index in [0.717, 1.165) is 32.2 Å². The molecule has 0 saturated carbocycles. The van der Waals surface area contributed by atoms with Crippen molar-refractivity contribution in [1.29, 1.82) is 0 Å². The largest absolute Gasteiger partial charge is 0.490 e. The molecule has 0 saturated heterocycles. The zero-order valence-electron chi connectivity index (χ0n) is 18.6. The SMILES string of the molecule is C=C(C)C(=O)OCCOCCOc1c2ccccc2cc2ccc(Sc3ccccc3)cc12. The first-order valence-corrected chi connectivity index (χ1v) is 11.6. The van der Waals surface area contributed by atoms with Crippen molar-refractivity contribution in [2.45, 2.75) is 16.7 Å². The summed E-state index contributed by atoms with van der Waals surface area (Å²) < 4.78 is 16.9. The van der Waals surface area contributed by atoms with Gasteiger partial charge in [0.2, 0.25) is 0 Å². The second-order valence-electron chi connectivity index (χ2n) is 7.60. The van der Waals surface area contributed by atoms with Gasteiger partial charge in [-0.1, -0.05) is 66.9 Å². The van der Waals surface area contributed by atoms with Crippen LogP contribution in [0.3, 0.4) is 0 Å². The quantitative estimate of drug-likeness (QED) is 0.115.